The predicted octanol–water partition coefficient (Wildman–Crippen LogP) is 12.7. The Morgan fingerprint density at radius 3 is 1.84 bits per heavy atom. The second-order valence-electron chi connectivity index (χ2n) is 13.3. The summed E-state index contributed by atoms with van der Waals surface area (Å²) >= 11 is 0. The van der Waals surface area contributed by atoms with Crippen LogP contribution in [0.3, 0.4) is 0 Å². The molecule has 1 aliphatic carbocycles. The lowest BCUT2D eigenvalue weighted by atomic mass is 9.94. The summed E-state index contributed by atoms with van der Waals surface area (Å²) in [5.74, 6) is 0. The minimum absolute atomic E-state index is 0.902. The first-order chi connectivity index (χ1) is 24.3. The van der Waals surface area contributed by atoms with Gasteiger partial charge in [-0.1, -0.05) is 109 Å². The molecule has 0 unspecified atom stereocenters. The van der Waals surface area contributed by atoms with Crippen molar-refractivity contribution in [2.45, 2.75) is 12.8 Å². The molecule has 0 atom stereocenters. The van der Waals surface area contributed by atoms with Gasteiger partial charge in [-0.15, -0.1) is 0 Å². The number of rotatable bonds is 3. The molecule has 3 heterocycles. The molecule has 10 aromatic rings. The van der Waals surface area contributed by atoms with E-state index in [4.69, 9.17) is 4.42 Å². The molecular formula is C46H30N2O. The Bertz CT molecular complexity index is 3050. The monoisotopic (exact) mass is 626 g/mol. The molecule has 49 heavy (non-hydrogen) atoms. The van der Waals surface area contributed by atoms with Crippen LogP contribution in [-0.2, 0) is 0 Å². The number of para-hydroxylation sites is 3. The van der Waals surface area contributed by atoms with E-state index >= 15 is 0 Å². The van der Waals surface area contributed by atoms with Crippen LogP contribution in [0.2, 0.25) is 0 Å². The molecule has 11 rings (SSSR count). The predicted molar refractivity (Wildman–Crippen MR) is 206 cm³/mol. The van der Waals surface area contributed by atoms with Gasteiger partial charge in [-0.25, -0.2) is 0 Å². The van der Waals surface area contributed by atoms with Gasteiger partial charge in [0.25, 0.3) is 0 Å². The third-order valence-corrected chi connectivity index (χ3v) is 10.6. The highest BCUT2D eigenvalue weighted by molar-refractivity contribution is 6.24. The van der Waals surface area contributed by atoms with Gasteiger partial charge in [0, 0.05) is 44.1 Å². The summed E-state index contributed by atoms with van der Waals surface area (Å²) in [6.07, 6.45) is 6.63. The molecule has 7 aromatic carbocycles. The van der Waals surface area contributed by atoms with Gasteiger partial charge in [-0.05, 0) is 77.2 Å². The number of furan rings is 1. The standard InChI is InChI=1S/C46H30N2O/c1-2-10-31-27-32(18-17-29(31)9-1)30-19-21-33(22-20-30)47-41-14-6-3-11-35(41)39-25-26-40-36-12-4-7-15-42(36)48(46(40)45(39)47)34-23-24-38-37-13-5-8-16-43(37)49-44(38)28-34/h1-19,21,23-28H,20,22H2. The Morgan fingerprint density at radius 2 is 1.06 bits per heavy atom. The summed E-state index contributed by atoms with van der Waals surface area (Å²) in [6, 6.07) is 52.8. The number of aromatic nitrogens is 2. The van der Waals surface area contributed by atoms with E-state index < -0.39 is 0 Å². The van der Waals surface area contributed by atoms with Gasteiger partial charge >= 0.3 is 0 Å². The van der Waals surface area contributed by atoms with Crippen molar-refractivity contribution in [3.05, 3.63) is 163 Å². The second kappa shape index (κ2) is 10.1. The quantitative estimate of drug-likeness (QED) is 0.191. The van der Waals surface area contributed by atoms with Crippen molar-refractivity contribution in [3.63, 3.8) is 0 Å². The van der Waals surface area contributed by atoms with E-state index in [9.17, 15) is 0 Å². The molecule has 0 saturated heterocycles. The molecule has 0 N–H and O–H groups in total. The first-order valence-electron chi connectivity index (χ1n) is 17.1. The average molecular weight is 627 g/mol. The number of fused-ring (bicyclic) bond motifs is 11. The summed E-state index contributed by atoms with van der Waals surface area (Å²) in [5, 5.41) is 9.89. The largest absolute Gasteiger partial charge is 0.456 e. The Morgan fingerprint density at radius 1 is 0.429 bits per heavy atom. The molecule has 3 aromatic heterocycles. The maximum atomic E-state index is 6.41. The highest BCUT2D eigenvalue weighted by Crippen LogP contribution is 2.43. The normalized spacial score (nSPS) is 13.8. The van der Waals surface area contributed by atoms with Crippen molar-refractivity contribution in [2.24, 2.45) is 0 Å². The third kappa shape index (κ3) is 3.84. The SMILES string of the molecule is C1=C(c2ccc3ccccc3c2)CCC(n2c3ccccc3c3ccc4c5ccccc5n(-c5ccc6c(c5)oc5ccccc56)c4c32)=C1. The van der Waals surface area contributed by atoms with Crippen LogP contribution in [0.5, 0.6) is 0 Å². The van der Waals surface area contributed by atoms with E-state index in [0.717, 1.165) is 40.5 Å². The molecule has 0 fully saturated rings. The van der Waals surface area contributed by atoms with Crippen LogP contribution in [0.15, 0.2) is 162 Å². The lowest BCUT2D eigenvalue weighted by molar-refractivity contribution is 0.668. The van der Waals surface area contributed by atoms with Gasteiger partial charge in [0.15, 0.2) is 0 Å². The summed E-state index contributed by atoms with van der Waals surface area (Å²) < 4.78 is 11.4. The first kappa shape index (κ1) is 26.7. The van der Waals surface area contributed by atoms with Crippen molar-refractivity contribution in [2.75, 3.05) is 0 Å². The van der Waals surface area contributed by atoms with E-state index in [1.54, 1.807) is 0 Å². The number of benzene rings is 7. The smallest absolute Gasteiger partial charge is 0.137 e. The fraction of sp³-hybridized carbons (Fsp3) is 0.0435. The van der Waals surface area contributed by atoms with Gasteiger partial charge in [0.2, 0.25) is 0 Å². The zero-order chi connectivity index (χ0) is 32.1. The minimum Gasteiger partial charge on any atom is -0.456 e. The van der Waals surface area contributed by atoms with E-state index in [1.807, 2.05) is 6.07 Å². The Kier molecular flexibility index (Phi) is 5.50. The molecule has 1 aliphatic rings. The molecule has 0 amide bonds. The molecule has 0 bridgehead atoms. The molecule has 230 valence electrons. The highest BCUT2D eigenvalue weighted by Gasteiger charge is 2.23. The van der Waals surface area contributed by atoms with Crippen molar-refractivity contribution in [1.82, 2.24) is 9.13 Å². The molecule has 3 nitrogen and oxygen atoms in total. The number of hydrogen-bond donors (Lipinski definition) is 0. The Labute approximate surface area is 282 Å². The van der Waals surface area contributed by atoms with Gasteiger partial charge < -0.3 is 13.6 Å². The fourth-order valence-electron chi connectivity index (χ4n) is 8.36. The summed E-state index contributed by atoms with van der Waals surface area (Å²) in [5.41, 5.74) is 11.8. The number of nitrogens with zero attached hydrogens (tertiary/aromatic N) is 2. The van der Waals surface area contributed by atoms with E-state index in [1.165, 1.54) is 71.2 Å². The van der Waals surface area contributed by atoms with Crippen LogP contribution in [-0.4, -0.2) is 9.13 Å². The van der Waals surface area contributed by atoms with Gasteiger partial charge in [0.1, 0.15) is 11.2 Å². The Hall–Kier alpha value is -6.32. The average Bonchev–Trinajstić information content (AvgIpc) is 3.82. The zero-order valence-corrected chi connectivity index (χ0v) is 26.7. The highest BCUT2D eigenvalue weighted by atomic mass is 16.3. The molecule has 0 spiro atoms. The summed E-state index contributed by atoms with van der Waals surface area (Å²) in [6.45, 7) is 0. The molecule has 0 saturated carbocycles. The molecule has 0 radical (unpaired) electrons. The van der Waals surface area contributed by atoms with Crippen molar-refractivity contribution in [1.29, 1.82) is 0 Å². The second-order valence-corrected chi connectivity index (χ2v) is 13.3. The maximum absolute atomic E-state index is 6.41. The van der Waals surface area contributed by atoms with Crippen LogP contribution in [0.25, 0.3) is 93.3 Å². The van der Waals surface area contributed by atoms with Gasteiger partial charge in [-0.2, -0.15) is 0 Å². The maximum Gasteiger partial charge on any atom is 0.137 e. The molecule has 0 aliphatic heterocycles. The van der Waals surface area contributed by atoms with Gasteiger partial charge in [0.05, 0.1) is 27.8 Å². The van der Waals surface area contributed by atoms with E-state index in [2.05, 4.69) is 161 Å². The van der Waals surface area contributed by atoms with Crippen LogP contribution in [0.1, 0.15) is 18.4 Å². The van der Waals surface area contributed by atoms with Crippen LogP contribution >= 0.6 is 0 Å². The van der Waals surface area contributed by atoms with E-state index in [0.29, 0.717) is 0 Å². The number of hydrogen-bond acceptors (Lipinski definition) is 1. The first-order valence-corrected chi connectivity index (χ1v) is 17.1. The van der Waals surface area contributed by atoms with Crippen LogP contribution < -0.4 is 0 Å². The van der Waals surface area contributed by atoms with Crippen LogP contribution in [0, 0.1) is 0 Å². The van der Waals surface area contributed by atoms with Crippen molar-refractivity contribution in [3.8, 4) is 5.69 Å². The lowest BCUT2D eigenvalue weighted by Gasteiger charge is -2.19. The summed E-state index contributed by atoms with van der Waals surface area (Å²) in [7, 11) is 0. The fourth-order valence-corrected chi connectivity index (χ4v) is 8.36. The van der Waals surface area contributed by atoms with Crippen LogP contribution in [0.4, 0.5) is 0 Å². The molecule has 3 heteroatoms. The lowest BCUT2D eigenvalue weighted by Crippen LogP contribution is -2.03. The Balaban J connectivity index is 1.19. The third-order valence-electron chi connectivity index (χ3n) is 10.6. The van der Waals surface area contributed by atoms with Crippen molar-refractivity contribution >= 4 is 87.6 Å². The van der Waals surface area contributed by atoms with Crippen molar-refractivity contribution < 1.29 is 4.42 Å². The minimum atomic E-state index is 0.902. The topological polar surface area (TPSA) is 23.0 Å². The number of allylic oxidation sites excluding steroid dienone is 4. The van der Waals surface area contributed by atoms with Gasteiger partial charge in [-0.3, -0.25) is 0 Å². The zero-order valence-electron chi connectivity index (χ0n) is 26.7. The summed E-state index contributed by atoms with van der Waals surface area (Å²) in [4.78, 5) is 0. The van der Waals surface area contributed by atoms with E-state index in [-0.39, 0.29) is 0 Å². The molecular weight excluding hydrogens is 597 g/mol.